The number of amides is 1. The number of nitrogens with one attached hydrogen (secondary N) is 1. The molecule has 0 saturated heterocycles. The average molecular weight is 376 g/mol. The number of aryl methyl sites for hydroxylation is 4. The van der Waals surface area contributed by atoms with Crippen molar-refractivity contribution in [1.29, 1.82) is 0 Å². The van der Waals surface area contributed by atoms with Crippen LogP contribution in [0.2, 0.25) is 0 Å². The summed E-state index contributed by atoms with van der Waals surface area (Å²) in [4.78, 5) is 16.6. The Hall–Kier alpha value is -2.90. The fourth-order valence-electron chi connectivity index (χ4n) is 3.20. The van der Waals surface area contributed by atoms with Crippen LogP contribution in [0.1, 0.15) is 28.1 Å². The molecule has 0 saturated carbocycles. The Kier molecular flexibility index (Phi) is 4.67. The van der Waals surface area contributed by atoms with Crippen LogP contribution in [0, 0.1) is 27.7 Å². The second kappa shape index (κ2) is 6.68. The zero-order chi connectivity index (χ0) is 19.9. The van der Waals surface area contributed by atoms with Crippen LogP contribution in [0.25, 0.3) is 11.0 Å². The SMILES string of the molecule is Cc1cc(C)cc(NC(=O)Cn2nc(C)c3c(C(F)(F)F)cc(C)nc32)c1. The molecule has 0 radical (unpaired) electrons. The van der Waals surface area contributed by atoms with Gasteiger partial charge in [0.25, 0.3) is 0 Å². The number of hydrogen-bond acceptors (Lipinski definition) is 3. The molecule has 3 aromatic rings. The van der Waals surface area contributed by atoms with Crippen molar-refractivity contribution in [2.24, 2.45) is 0 Å². The van der Waals surface area contributed by atoms with Gasteiger partial charge in [-0.05, 0) is 57.0 Å². The molecule has 0 bridgehead atoms. The van der Waals surface area contributed by atoms with E-state index in [0.29, 0.717) is 5.69 Å². The molecule has 3 rings (SSSR count). The van der Waals surface area contributed by atoms with E-state index >= 15 is 0 Å². The summed E-state index contributed by atoms with van der Waals surface area (Å²) in [6.07, 6.45) is -4.52. The summed E-state index contributed by atoms with van der Waals surface area (Å²) in [7, 11) is 0. The van der Waals surface area contributed by atoms with Crippen molar-refractivity contribution in [2.75, 3.05) is 5.32 Å². The molecule has 0 atom stereocenters. The fourth-order valence-corrected chi connectivity index (χ4v) is 3.20. The number of alkyl halides is 3. The highest BCUT2D eigenvalue weighted by molar-refractivity contribution is 5.92. The van der Waals surface area contributed by atoms with E-state index in [0.717, 1.165) is 17.2 Å². The largest absolute Gasteiger partial charge is 0.417 e. The molecule has 0 fully saturated rings. The van der Waals surface area contributed by atoms with E-state index in [1.165, 1.54) is 18.5 Å². The molecule has 2 heterocycles. The number of carbonyl (C=O) groups is 1. The van der Waals surface area contributed by atoms with Crippen molar-refractivity contribution in [2.45, 2.75) is 40.4 Å². The van der Waals surface area contributed by atoms with Gasteiger partial charge < -0.3 is 5.32 Å². The lowest BCUT2D eigenvalue weighted by molar-refractivity contribution is -0.136. The van der Waals surface area contributed by atoms with Crippen molar-refractivity contribution in [3.63, 3.8) is 0 Å². The van der Waals surface area contributed by atoms with Gasteiger partial charge in [-0.15, -0.1) is 0 Å². The van der Waals surface area contributed by atoms with Crippen molar-refractivity contribution in [3.8, 4) is 0 Å². The van der Waals surface area contributed by atoms with Crippen LogP contribution in [-0.2, 0) is 17.5 Å². The Labute approximate surface area is 154 Å². The zero-order valence-corrected chi connectivity index (χ0v) is 15.4. The maximum Gasteiger partial charge on any atom is 0.417 e. The molecule has 0 spiro atoms. The van der Waals surface area contributed by atoms with Gasteiger partial charge in [-0.1, -0.05) is 6.07 Å². The van der Waals surface area contributed by atoms with Crippen molar-refractivity contribution >= 4 is 22.6 Å². The Balaban J connectivity index is 1.95. The standard InChI is InChI=1S/C19H19F3N4O/c1-10-5-11(2)7-14(6-10)24-16(27)9-26-18-17(13(4)25-26)15(19(20,21)22)8-12(3)23-18/h5-8H,9H2,1-4H3,(H,24,27). The number of aromatic nitrogens is 3. The summed E-state index contributed by atoms with van der Waals surface area (Å²) in [6.45, 7) is 6.56. The van der Waals surface area contributed by atoms with Crippen LogP contribution in [0.3, 0.4) is 0 Å². The normalized spacial score (nSPS) is 11.8. The highest BCUT2D eigenvalue weighted by Crippen LogP contribution is 2.36. The number of pyridine rings is 1. The number of nitrogens with zero attached hydrogens (tertiary/aromatic N) is 3. The van der Waals surface area contributed by atoms with Gasteiger partial charge >= 0.3 is 6.18 Å². The van der Waals surface area contributed by atoms with Gasteiger partial charge in [-0.2, -0.15) is 18.3 Å². The number of fused-ring (bicyclic) bond motifs is 1. The molecular weight excluding hydrogens is 357 g/mol. The van der Waals surface area contributed by atoms with E-state index in [1.54, 1.807) is 0 Å². The summed E-state index contributed by atoms with van der Waals surface area (Å²) < 4.78 is 41.3. The Morgan fingerprint density at radius 2 is 1.70 bits per heavy atom. The van der Waals surface area contributed by atoms with Crippen LogP contribution < -0.4 is 5.32 Å². The van der Waals surface area contributed by atoms with Gasteiger partial charge in [0.2, 0.25) is 5.91 Å². The van der Waals surface area contributed by atoms with E-state index in [1.807, 2.05) is 32.0 Å². The lowest BCUT2D eigenvalue weighted by Gasteiger charge is -2.10. The molecule has 142 valence electrons. The minimum absolute atomic E-state index is 0.0513. The molecule has 0 aliphatic carbocycles. The predicted molar refractivity (Wildman–Crippen MR) is 96.5 cm³/mol. The molecule has 0 aliphatic heterocycles. The maximum absolute atomic E-state index is 13.4. The van der Waals surface area contributed by atoms with Gasteiger partial charge in [0.1, 0.15) is 6.54 Å². The molecule has 0 aliphatic rings. The third-order valence-corrected chi connectivity index (χ3v) is 4.11. The topological polar surface area (TPSA) is 59.8 Å². The van der Waals surface area contributed by atoms with Crippen LogP contribution in [0.4, 0.5) is 18.9 Å². The highest BCUT2D eigenvalue weighted by Gasteiger charge is 2.35. The lowest BCUT2D eigenvalue weighted by Crippen LogP contribution is -2.20. The average Bonchev–Trinajstić information content (AvgIpc) is 2.80. The molecular formula is C19H19F3N4O. The zero-order valence-electron chi connectivity index (χ0n) is 15.4. The Morgan fingerprint density at radius 1 is 1.07 bits per heavy atom. The first-order valence-electron chi connectivity index (χ1n) is 8.34. The second-order valence-electron chi connectivity index (χ2n) is 6.68. The summed E-state index contributed by atoms with van der Waals surface area (Å²) in [6, 6.07) is 6.62. The lowest BCUT2D eigenvalue weighted by atomic mass is 10.1. The third kappa shape index (κ3) is 3.94. The molecule has 2 aromatic heterocycles. The molecule has 27 heavy (non-hydrogen) atoms. The predicted octanol–water partition coefficient (Wildman–Crippen LogP) is 4.32. The van der Waals surface area contributed by atoms with Crippen LogP contribution >= 0.6 is 0 Å². The number of carbonyl (C=O) groups excluding carboxylic acids is 1. The van der Waals surface area contributed by atoms with E-state index in [9.17, 15) is 18.0 Å². The van der Waals surface area contributed by atoms with E-state index < -0.39 is 11.7 Å². The van der Waals surface area contributed by atoms with Gasteiger partial charge in [-0.25, -0.2) is 9.67 Å². The van der Waals surface area contributed by atoms with E-state index in [4.69, 9.17) is 0 Å². The minimum atomic E-state index is -4.52. The Bertz CT molecular complexity index is 1020. The van der Waals surface area contributed by atoms with Crippen molar-refractivity contribution in [3.05, 3.63) is 52.3 Å². The molecule has 1 N–H and O–H groups in total. The van der Waals surface area contributed by atoms with Gasteiger partial charge in [-0.3, -0.25) is 4.79 Å². The first-order valence-corrected chi connectivity index (χ1v) is 8.34. The Morgan fingerprint density at radius 3 is 2.30 bits per heavy atom. The van der Waals surface area contributed by atoms with E-state index in [2.05, 4.69) is 15.4 Å². The van der Waals surface area contributed by atoms with Crippen LogP contribution in [-0.4, -0.2) is 20.7 Å². The molecule has 1 aromatic carbocycles. The smallest absolute Gasteiger partial charge is 0.324 e. The number of halogens is 3. The summed E-state index contributed by atoms with van der Waals surface area (Å²) in [5, 5.41) is 6.79. The fraction of sp³-hybridized carbons (Fsp3) is 0.316. The van der Waals surface area contributed by atoms with Crippen molar-refractivity contribution in [1.82, 2.24) is 14.8 Å². The first kappa shape index (κ1) is 18.9. The number of hydrogen-bond donors (Lipinski definition) is 1. The van der Waals surface area contributed by atoms with E-state index in [-0.39, 0.29) is 34.9 Å². The molecule has 1 amide bonds. The van der Waals surface area contributed by atoms with Gasteiger partial charge in [0, 0.05) is 11.4 Å². The number of anilines is 1. The summed E-state index contributed by atoms with van der Waals surface area (Å²) in [5.74, 6) is -0.388. The molecule has 8 heteroatoms. The third-order valence-electron chi connectivity index (χ3n) is 4.11. The van der Waals surface area contributed by atoms with Gasteiger partial charge in [0.05, 0.1) is 16.6 Å². The van der Waals surface area contributed by atoms with Crippen LogP contribution in [0.15, 0.2) is 24.3 Å². The molecule has 0 unspecified atom stereocenters. The molecule has 5 nitrogen and oxygen atoms in total. The number of rotatable bonds is 3. The highest BCUT2D eigenvalue weighted by atomic mass is 19.4. The number of benzene rings is 1. The second-order valence-corrected chi connectivity index (χ2v) is 6.68. The van der Waals surface area contributed by atoms with Crippen LogP contribution in [0.5, 0.6) is 0 Å². The van der Waals surface area contributed by atoms with Crippen molar-refractivity contribution < 1.29 is 18.0 Å². The quantitative estimate of drug-likeness (QED) is 0.741. The first-order chi connectivity index (χ1) is 12.5. The monoisotopic (exact) mass is 376 g/mol. The minimum Gasteiger partial charge on any atom is -0.324 e. The summed E-state index contributed by atoms with van der Waals surface area (Å²) >= 11 is 0. The summed E-state index contributed by atoms with van der Waals surface area (Å²) in [5.41, 5.74) is 2.29. The maximum atomic E-state index is 13.4. The van der Waals surface area contributed by atoms with Gasteiger partial charge in [0.15, 0.2) is 5.65 Å².